The van der Waals surface area contributed by atoms with Crippen LogP contribution in [0.4, 0.5) is 75.2 Å². The van der Waals surface area contributed by atoms with E-state index in [9.17, 15) is 80.3 Å². The topological polar surface area (TPSA) is 52.9 Å². The van der Waals surface area contributed by atoms with Crippen molar-refractivity contribution in [1.29, 1.82) is 5.26 Å². The lowest BCUT2D eigenvalue weighted by atomic mass is 9.69. The molecule has 1 aliphatic carbocycles. The van der Waals surface area contributed by atoms with Gasteiger partial charge < -0.3 is 5.32 Å². The number of nitriles is 1. The number of hydrogen-bond donors (Lipinski definition) is 1. The van der Waals surface area contributed by atoms with E-state index in [-0.39, 0.29) is 34.6 Å². The summed E-state index contributed by atoms with van der Waals surface area (Å²) in [6, 6.07) is 1.46. The van der Waals surface area contributed by atoms with Crippen LogP contribution in [0.3, 0.4) is 0 Å². The number of carbonyl (C=O) groups is 1. The summed E-state index contributed by atoms with van der Waals surface area (Å²) in [7, 11) is 0. The molecule has 2 rings (SSSR count). The first-order valence-corrected chi connectivity index (χ1v) is 12.6. The van der Waals surface area contributed by atoms with Crippen molar-refractivity contribution in [2.45, 2.75) is 94.3 Å². The van der Waals surface area contributed by atoms with Crippen molar-refractivity contribution in [3.63, 3.8) is 0 Å². The maximum Gasteiger partial charge on any atom is 0.393 e. The van der Waals surface area contributed by atoms with Crippen LogP contribution in [0.2, 0.25) is 0 Å². The summed E-state index contributed by atoms with van der Waals surface area (Å²) in [5.41, 5.74) is -0.750. The third-order valence-electron chi connectivity index (χ3n) is 7.57. The molecule has 1 N–H and O–H groups in total. The lowest BCUT2D eigenvalue weighted by molar-refractivity contribution is -0.443. The first-order chi connectivity index (χ1) is 19.0. The van der Waals surface area contributed by atoms with Crippen LogP contribution in [-0.4, -0.2) is 53.8 Å². The Morgan fingerprint density at radius 3 is 1.79 bits per heavy atom. The van der Waals surface area contributed by atoms with E-state index in [1.54, 1.807) is 0 Å². The number of fused-ring (bicyclic) bond motifs is 1. The SMILES string of the molecule is CCC(C)(C)C1CCc2c(sc(NC(=O)C(F)(F)C(F)(F)C(F)(F)C(F)(F)C(F)(F)C(F)(F)C(F)(F)C(F)F)c2C#N)C1. The van der Waals surface area contributed by atoms with Gasteiger partial charge in [-0.1, -0.05) is 27.2 Å². The number of nitrogens with one attached hydrogen (secondary N) is 1. The van der Waals surface area contributed by atoms with Crippen LogP contribution >= 0.6 is 11.3 Å². The molecule has 3 nitrogen and oxygen atoms in total. The van der Waals surface area contributed by atoms with E-state index in [1.807, 2.05) is 20.8 Å². The first kappa shape index (κ1) is 36.7. The number of alkyl halides is 16. The Labute approximate surface area is 236 Å². The van der Waals surface area contributed by atoms with E-state index >= 15 is 0 Å². The highest BCUT2D eigenvalue weighted by Crippen LogP contribution is 2.63. The summed E-state index contributed by atoms with van der Waals surface area (Å²) in [5, 5.41) is 9.40. The Bertz CT molecular complexity index is 1260. The van der Waals surface area contributed by atoms with Gasteiger partial charge in [0.25, 0.3) is 0 Å². The minimum Gasteiger partial charge on any atom is -0.311 e. The van der Waals surface area contributed by atoms with E-state index in [0.29, 0.717) is 24.2 Å². The molecule has 0 spiro atoms. The van der Waals surface area contributed by atoms with Crippen molar-refractivity contribution < 1.29 is 75.0 Å². The molecule has 0 bridgehead atoms. The second kappa shape index (κ2) is 10.9. The maximum atomic E-state index is 14.4. The fourth-order valence-electron chi connectivity index (χ4n) is 4.21. The average Bonchev–Trinajstić information content (AvgIpc) is 3.23. The summed E-state index contributed by atoms with van der Waals surface area (Å²) in [4.78, 5) is 12.3. The molecule has 1 aromatic rings. The molecule has 0 aromatic carbocycles. The van der Waals surface area contributed by atoms with Gasteiger partial charge >= 0.3 is 53.8 Å². The Kier molecular flexibility index (Phi) is 9.28. The summed E-state index contributed by atoms with van der Waals surface area (Å²) < 4.78 is 217. The third-order valence-corrected chi connectivity index (χ3v) is 8.74. The fourth-order valence-corrected chi connectivity index (χ4v) is 5.48. The zero-order valence-corrected chi connectivity index (χ0v) is 22.6. The van der Waals surface area contributed by atoms with Gasteiger partial charge in [0.2, 0.25) is 0 Å². The van der Waals surface area contributed by atoms with Gasteiger partial charge in [-0.2, -0.15) is 66.7 Å². The van der Waals surface area contributed by atoms with Crippen LogP contribution in [0.5, 0.6) is 0 Å². The van der Waals surface area contributed by atoms with Crippen molar-refractivity contribution in [2.75, 3.05) is 5.32 Å². The number of thiophene rings is 1. The molecule has 246 valence electrons. The van der Waals surface area contributed by atoms with Gasteiger partial charge in [-0.05, 0) is 36.2 Å². The smallest absolute Gasteiger partial charge is 0.311 e. The summed E-state index contributed by atoms with van der Waals surface area (Å²) in [5.74, 6) is -60.3. The first-order valence-electron chi connectivity index (χ1n) is 11.8. The van der Waals surface area contributed by atoms with Gasteiger partial charge in [-0.3, -0.25) is 4.79 Å². The second-order valence-corrected chi connectivity index (χ2v) is 11.5. The monoisotopic (exact) mass is 676 g/mol. The van der Waals surface area contributed by atoms with E-state index in [2.05, 4.69) is 0 Å². The number of rotatable bonds is 11. The number of halogens is 16. The largest absolute Gasteiger partial charge is 0.393 e. The summed E-state index contributed by atoms with van der Waals surface area (Å²) >= 11 is 0.356. The number of carbonyl (C=O) groups excluding carboxylic acids is 1. The molecule has 1 aromatic heterocycles. The Morgan fingerprint density at radius 1 is 0.884 bits per heavy atom. The van der Waals surface area contributed by atoms with Gasteiger partial charge in [0.15, 0.2) is 0 Å². The summed E-state index contributed by atoms with van der Waals surface area (Å²) in [6.07, 6.45) is -4.60. The highest BCUT2D eigenvalue weighted by Gasteiger charge is 2.94. The van der Waals surface area contributed by atoms with Crippen LogP contribution in [0, 0.1) is 22.7 Å². The van der Waals surface area contributed by atoms with Crippen molar-refractivity contribution in [2.24, 2.45) is 11.3 Å². The predicted molar refractivity (Wildman–Crippen MR) is 118 cm³/mol. The second-order valence-electron chi connectivity index (χ2n) is 10.4. The van der Waals surface area contributed by atoms with Crippen LogP contribution in [-0.2, 0) is 17.6 Å². The van der Waals surface area contributed by atoms with Gasteiger partial charge in [-0.25, -0.2) is 8.78 Å². The highest BCUT2D eigenvalue weighted by atomic mass is 32.1. The van der Waals surface area contributed by atoms with Gasteiger partial charge in [0.1, 0.15) is 11.1 Å². The molecule has 20 heteroatoms. The van der Waals surface area contributed by atoms with E-state index < -0.39 is 64.4 Å². The summed E-state index contributed by atoms with van der Waals surface area (Å²) in [6.45, 7) is 5.59. The van der Waals surface area contributed by atoms with Gasteiger partial charge in [0, 0.05) is 4.88 Å². The maximum absolute atomic E-state index is 14.4. The lowest BCUT2D eigenvalue weighted by Crippen LogP contribution is -2.74. The molecule has 0 saturated carbocycles. The van der Waals surface area contributed by atoms with Crippen molar-refractivity contribution in [3.05, 3.63) is 16.0 Å². The molecule has 1 amide bonds. The minimum atomic E-state index is -8.60. The predicted octanol–water partition coefficient (Wildman–Crippen LogP) is 8.81. The molecule has 1 aliphatic rings. The minimum absolute atomic E-state index is 0.0808. The Hall–Kier alpha value is -2.46. The van der Waals surface area contributed by atoms with Crippen LogP contribution in [0.25, 0.3) is 0 Å². The molecule has 0 saturated heterocycles. The van der Waals surface area contributed by atoms with Crippen molar-refractivity contribution in [3.8, 4) is 6.07 Å². The van der Waals surface area contributed by atoms with Crippen molar-refractivity contribution >= 4 is 22.2 Å². The molecule has 0 radical (unpaired) electrons. The van der Waals surface area contributed by atoms with Crippen LogP contribution in [0.15, 0.2) is 0 Å². The zero-order chi connectivity index (χ0) is 34.0. The molecule has 0 fully saturated rings. The normalized spacial score (nSPS) is 18.0. The number of amides is 1. The van der Waals surface area contributed by atoms with Gasteiger partial charge in [-0.15, -0.1) is 11.3 Å². The third kappa shape index (κ3) is 5.20. The molecular weight excluding hydrogens is 656 g/mol. The molecule has 1 heterocycles. The molecule has 1 atom stereocenters. The Morgan fingerprint density at radius 2 is 1.35 bits per heavy atom. The average molecular weight is 676 g/mol. The van der Waals surface area contributed by atoms with E-state index in [4.69, 9.17) is 0 Å². The van der Waals surface area contributed by atoms with Crippen LogP contribution < -0.4 is 5.32 Å². The van der Waals surface area contributed by atoms with E-state index in [0.717, 1.165) is 5.32 Å². The standard InChI is InChI=1S/C23H20F16N2OS/c1-4-16(2,3)9-5-6-10-11(8-40)13(43-12(10)7-9)41-15(42)18(28,29)20(32,33)22(36,37)23(38,39)21(34,35)19(30,31)17(26,27)14(24)25/h9,14H,4-7H2,1-3H3,(H,41,42). The highest BCUT2D eigenvalue weighted by molar-refractivity contribution is 7.16. The lowest BCUT2D eigenvalue weighted by Gasteiger charge is -2.42. The Balaban J connectivity index is 2.51. The molecule has 0 aliphatic heterocycles. The van der Waals surface area contributed by atoms with E-state index in [1.165, 1.54) is 6.07 Å². The van der Waals surface area contributed by atoms with Crippen LogP contribution in [0.1, 0.15) is 49.6 Å². The quantitative estimate of drug-likeness (QED) is 0.238. The van der Waals surface area contributed by atoms with Gasteiger partial charge in [0.05, 0.1) is 5.56 Å². The number of anilines is 1. The fraction of sp³-hybridized carbons (Fsp3) is 0.739. The zero-order valence-electron chi connectivity index (χ0n) is 21.8. The number of hydrogen-bond acceptors (Lipinski definition) is 3. The van der Waals surface area contributed by atoms with Crippen molar-refractivity contribution in [1.82, 2.24) is 0 Å². The molecule has 43 heavy (non-hydrogen) atoms. The molecule has 1 unspecified atom stereocenters. The molecular formula is C23H20F16N2OS. The number of nitrogens with zero attached hydrogens (tertiary/aromatic N) is 1.